The Balaban J connectivity index is 1.10. The largest absolute Gasteiger partial charge is 0.508 e. The molecular weight excluding hydrogens is 560 g/mol. The summed E-state index contributed by atoms with van der Waals surface area (Å²) in [7, 11) is 0. The van der Waals surface area contributed by atoms with Crippen LogP contribution in [0.25, 0.3) is 0 Å². The molecule has 5 rings (SSSR count). The van der Waals surface area contributed by atoms with E-state index in [4.69, 9.17) is 0 Å². The standard InChI is InChI=1S/C35H48N2O5S/c1-3-4-18-37(42)34(41)23-9-8-10-25(20-23)36-32(40)11-6-5-7-19-43-30-22-24-21-26(38)12-13-27(24)28-16-17-35(2)29(33(28)30)14-15-31(35)39/h8-10,12-13,20-21,28-31,33,38-39,42H,3-7,11,14-19,22H2,1-2H3,(H,36,40)/t28-,29+,30-,31+,33-,35+/m1/s1. The van der Waals surface area contributed by atoms with Gasteiger partial charge in [0.15, 0.2) is 0 Å². The van der Waals surface area contributed by atoms with Gasteiger partial charge in [0.25, 0.3) is 5.91 Å². The summed E-state index contributed by atoms with van der Waals surface area (Å²) < 4.78 is 0. The molecule has 0 heterocycles. The van der Waals surface area contributed by atoms with Crippen molar-refractivity contribution in [1.82, 2.24) is 5.06 Å². The molecule has 2 aromatic rings. The second kappa shape index (κ2) is 14.0. The number of carbonyl (C=O) groups is 2. The zero-order valence-electron chi connectivity index (χ0n) is 25.6. The number of carbonyl (C=O) groups excluding carboxylic acids is 2. The lowest BCUT2D eigenvalue weighted by Gasteiger charge is -2.52. The van der Waals surface area contributed by atoms with E-state index in [-0.39, 0.29) is 24.0 Å². The van der Waals surface area contributed by atoms with Crippen LogP contribution in [0.2, 0.25) is 0 Å². The number of unbranched alkanes of at least 4 members (excludes halogenated alkanes) is 3. The first-order valence-corrected chi connectivity index (χ1v) is 17.3. The van der Waals surface area contributed by atoms with Crippen molar-refractivity contribution < 1.29 is 25.0 Å². The molecule has 43 heavy (non-hydrogen) atoms. The van der Waals surface area contributed by atoms with Crippen LogP contribution >= 0.6 is 11.8 Å². The number of aromatic hydroxyl groups is 1. The molecule has 234 valence electrons. The number of phenols is 1. The molecule has 0 bridgehead atoms. The topological polar surface area (TPSA) is 110 Å². The van der Waals surface area contributed by atoms with Gasteiger partial charge in [0, 0.05) is 29.5 Å². The molecule has 3 aliphatic rings. The molecule has 2 saturated carbocycles. The number of hydroxylamine groups is 2. The van der Waals surface area contributed by atoms with Gasteiger partial charge in [0.1, 0.15) is 5.75 Å². The minimum Gasteiger partial charge on any atom is -0.508 e. The van der Waals surface area contributed by atoms with E-state index < -0.39 is 5.91 Å². The molecule has 0 saturated heterocycles. The second-order valence-corrected chi connectivity index (χ2v) is 14.5. The van der Waals surface area contributed by atoms with Gasteiger partial charge >= 0.3 is 0 Å². The third kappa shape index (κ3) is 7.07. The van der Waals surface area contributed by atoms with Crippen LogP contribution in [0, 0.1) is 17.3 Å². The number of hydrogen-bond acceptors (Lipinski definition) is 6. The summed E-state index contributed by atoms with van der Waals surface area (Å²) in [6, 6.07) is 12.7. The number of nitrogens with zero attached hydrogens (tertiary/aromatic N) is 1. The Morgan fingerprint density at radius 3 is 2.72 bits per heavy atom. The van der Waals surface area contributed by atoms with E-state index in [9.17, 15) is 25.0 Å². The Hall–Kier alpha value is -2.55. The fourth-order valence-corrected chi connectivity index (χ4v) is 9.59. The van der Waals surface area contributed by atoms with Crippen LogP contribution in [0.5, 0.6) is 5.75 Å². The van der Waals surface area contributed by atoms with Gasteiger partial charge in [-0.3, -0.25) is 14.8 Å². The van der Waals surface area contributed by atoms with Crippen molar-refractivity contribution in [3.63, 3.8) is 0 Å². The highest BCUT2D eigenvalue weighted by molar-refractivity contribution is 7.99. The fourth-order valence-electron chi connectivity index (χ4n) is 8.01. The lowest BCUT2D eigenvalue weighted by atomic mass is 9.55. The van der Waals surface area contributed by atoms with Crippen LogP contribution in [-0.4, -0.2) is 55.9 Å². The highest BCUT2D eigenvalue weighted by Gasteiger charge is 2.56. The Morgan fingerprint density at radius 2 is 1.91 bits per heavy atom. The molecule has 2 amide bonds. The van der Waals surface area contributed by atoms with E-state index in [1.807, 2.05) is 19.1 Å². The Labute approximate surface area is 260 Å². The summed E-state index contributed by atoms with van der Waals surface area (Å²) in [5, 5.41) is 35.2. The first-order chi connectivity index (χ1) is 20.7. The molecule has 3 aliphatic carbocycles. The molecule has 8 heteroatoms. The minimum atomic E-state index is -0.464. The molecule has 0 spiro atoms. The lowest BCUT2D eigenvalue weighted by molar-refractivity contribution is -0.116. The number of aliphatic hydroxyl groups excluding tert-OH is 1. The van der Waals surface area contributed by atoms with Gasteiger partial charge < -0.3 is 15.5 Å². The lowest BCUT2D eigenvalue weighted by Crippen LogP contribution is -2.48. The summed E-state index contributed by atoms with van der Waals surface area (Å²) in [6.07, 6.45) is 9.78. The Bertz CT molecular complexity index is 1290. The first-order valence-electron chi connectivity index (χ1n) is 16.2. The Morgan fingerprint density at radius 1 is 1.07 bits per heavy atom. The summed E-state index contributed by atoms with van der Waals surface area (Å²) in [5.74, 6) is 2.43. The molecule has 2 fully saturated rings. The Kier molecular flexibility index (Phi) is 10.4. The van der Waals surface area contributed by atoms with Gasteiger partial charge in [-0.1, -0.05) is 38.8 Å². The number of anilines is 1. The van der Waals surface area contributed by atoms with Crippen LogP contribution in [0.4, 0.5) is 5.69 Å². The van der Waals surface area contributed by atoms with E-state index >= 15 is 0 Å². The number of rotatable bonds is 12. The molecule has 0 radical (unpaired) electrons. The van der Waals surface area contributed by atoms with Gasteiger partial charge in [-0.15, -0.1) is 0 Å². The van der Waals surface area contributed by atoms with E-state index in [1.165, 1.54) is 11.1 Å². The monoisotopic (exact) mass is 608 g/mol. The van der Waals surface area contributed by atoms with E-state index in [1.54, 1.807) is 24.3 Å². The molecule has 4 N–H and O–H groups in total. The molecule has 7 nitrogen and oxygen atoms in total. The number of aliphatic hydroxyl groups is 1. The number of nitrogens with one attached hydrogen (secondary N) is 1. The normalized spacial score (nSPS) is 27.6. The number of amides is 2. The molecule has 2 aromatic carbocycles. The van der Waals surface area contributed by atoms with Crippen LogP contribution in [0.3, 0.4) is 0 Å². The van der Waals surface area contributed by atoms with Crippen molar-refractivity contribution in [3.8, 4) is 5.75 Å². The van der Waals surface area contributed by atoms with Crippen molar-refractivity contribution in [2.75, 3.05) is 17.6 Å². The summed E-state index contributed by atoms with van der Waals surface area (Å²) in [6.45, 7) is 4.60. The van der Waals surface area contributed by atoms with Gasteiger partial charge in [0.2, 0.25) is 5.91 Å². The third-order valence-corrected chi connectivity index (χ3v) is 11.8. The van der Waals surface area contributed by atoms with Crippen molar-refractivity contribution >= 4 is 29.3 Å². The maximum absolute atomic E-state index is 12.6. The SMILES string of the molecule is CCCCN(O)C(=O)c1cccc(NC(=O)CCCCCS[C@@H]2Cc3cc(O)ccc3[C@H]3CC[C@]4(C)[C@@H](O)CC[C@H]4[C@@H]32)c1. The van der Waals surface area contributed by atoms with Crippen LogP contribution in [0.1, 0.15) is 105 Å². The van der Waals surface area contributed by atoms with Gasteiger partial charge in [0.05, 0.1) is 6.10 Å². The predicted molar refractivity (Wildman–Crippen MR) is 172 cm³/mol. The molecule has 0 aliphatic heterocycles. The summed E-state index contributed by atoms with van der Waals surface area (Å²) in [4.78, 5) is 25.1. The fraction of sp³-hybridized carbons (Fsp3) is 0.600. The smallest absolute Gasteiger partial charge is 0.277 e. The van der Waals surface area contributed by atoms with Crippen molar-refractivity contribution in [2.45, 2.75) is 102 Å². The maximum atomic E-state index is 12.6. The van der Waals surface area contributed by atoms with Crippen LogP contribution in [-0.2, 0) is 11.2 Å². The van der Waals surface area contributed by atoms with Crippen molar-refractivity contribution in [1.29, 1.82) is 0 Å². The molecular formula is C35H48N2O5S. The summed E-state index contributed by atoms with van der Waals surface area (Å²) in [5.41, 5.74) is 3.62. The number of fused-ring (bicyclic) bond motifs is 5. The predicted octanol–water partition coefficient (Wildman–Crippen LogP) is 7.15. The maximum Gasteiger partial charge on any atom is 0.277 e. The number of hydrogen-bond donors (Lipinski definition) is 4. The van der Waals surface area contributed by atoms with E-state index in [0.717, 1.165) is 75.0 Å². The number of phenolic OH excluding ortho intramolecular Hbond substituents is 1. The highest BCUT2D eigenvalue weighted by Crippen LogP contribution is 2.62. The third-order valence-electron chi connectivity index (χ3n) is 10.4. The van der Waals surface area contributed by atoms with Gasteiger partial charge in [-0.25, -0.2) is 5.06 Å². The van der Waals surface area contributed by atoms with Gasteiger partial charge in [-0.2, -0.15) is 11.8 Å². The average Bonchev–Trinajstić information content (AvgIpc) is 3.30. The number of benzene rings is 2. The molecule has 0 aromatic heterocycles. The second-order valence-electron chi connectivity index (χ2n) is 13.1. The summed E-state index contributed by atoms with van der Waals surface area (Å²) >= 11 is 2.05. The van der Waals surface area contributed by atoms with E-state index in [0.29, 0.717) is 46.4 Å². The highest BCUT2D eigenvalue weighted by atomic mass is 32.2. The van der Waals surface area contributed by atoms with Crippen LogP contribution in [0.15, 0.2) is 42.5 Å². The molecule has 6 atom stereocenters. The van der Waals surface area contributed by atoms with Crippen molar-refractivity contribution in [3.05, 3.63) is 59.2 Å². The van der Waals surface area contributed by atoms with Gasteiger partial charge in [-0.05, 0) is 122 Å². The zero-order valence-corrected chi connectivity index (χ0v) is 26.5. The zero-order chi connectivity index (χ0) is 30.6. The number of thioether (sulfide) groups is 1. The first kappa shape index (κ1) is 31.9. The van der Waals surface area contributed by atoms with E-state index in [2.05, 4.69) is 30.1 Å². The van der Waals surface area contributed by atoms with Crippen LogP contribution < -0.4 is 5.32 Å². The minimum absolute atomic E-state index is 0.0150. The van der Waals surface area contributed by atoms with Crippen molar-refractivity contribution in [2.24, 2.45) is 17.3 Å². The average molecular weight is 609 g/mol. The molecule has 0 unspecified atom stereocenters. The quantitative estimate of drug-likeness (QED) is 0.116.